The molecule has 0 aliphatic heterocycles. The molecule has 0 aliphatic rings. The van der Waals surface area contributed by atoms with Crippen LogP contribution < -0.4 is 5.48 Å². The molecule has 0 fully saturated rings. The van der Waals surface area contributed by atoms with E-state index >= 15 is 0 Å². The second-order valence-corrected chi connectivity index (χ2v) is 6.94. The number of hydroxylamine groups is 1. The molecule has 1 aromatic carbocycles. The third kappa shape index (κ3) is 4.61. The Morgan fingerprint density at radius 1 is 1.25 bits per heavy atom. The number of sulfone groups is 1. The minimum absolute atomic E-state index is 0.215. The summed E-state index contributed by atoms with van der Waals surface area (Å²) < 4.78 is 25.0. The molecule has 0 saturated heterocycles. The van der Waals surface area contributed by atoms with Gasteiger partial charge in [-0.3, -0.25) is 10.0 Å². The average molecular weight is 299 g/mol. The van der Waals surface area contributed by atoms with E-state index in [4.69, 9.17) is 5.21 Å². The normalized spacial score (nSPS) is 12.9. The second-order valence-electron chi connectivity index (χ2n) is 4.71. The van der Waals surface area contributed by atoms with Gasteiger partial charge in [-0.05, 0) is 18.6 Å². The van der Waals surface area contributed by atoms with E-state index in [0.717, 1.165) is 19.3 Å². The summed E-state index contributed by atoms with van der Waals surface area (Å²) in [5.41, 5.74) is 1.51. The van der Waals surface area contributed by atoms with Gasteiger partial charge in [0.25, 0.3) is 0 Å². The molecule has 112 valence electrons. The van der Waals surface area contributed by atoms with Crippen LogP contribution in [-0.4, -0.2) is 24.8 Å². The smallest absolute Gasteiger partial charge is 0.244 e. The number of amides is 1. The highest BCUT2D eigenvalue weighted by atomic mass is 32.2. The Bertz CT molecular complexity index is 513. The van der Waals surface area contributed by atoms with Crippen LogP contribution in [0, 0.1) is 0 Å². The van der Waals surface area contributed by atoms with Crippen molar-refractivity contribution in [3.63, 3.8) is 0 Å². The highest BCUT2D eigenvalue weighted by molar-refractivity contribution is 7.92. The summed E-state index contributed by atoms with van der Waals surface area (Å²) in [5.74, 6) is -0.675. The molecule has 1 aromatic rings. The number of carbonyl (C=O) groups is 1. The Labute approximate surface area is 119 Å². The van der Waals surface area contributed by atoms with Gasteiger partial charge in [-0.1, -0.05) is 44.4 Å². The molecule has 2 N–H and O–H groups in total. The predicted molar refractivity (Wildman–Crippen MR) is 76.1 cm³/mol. The topological polar surface area (TPSA) is 83.5 Å². The first-order valence-electron chi connectivity index (χ1n) is 6.74. The molecule has 20 heavy (non-hydrogen) atoms. The monoisotopic (exact) mass is 299 g/mol. The van der Waals surface area contributed by atoms with Crippen molar-refractivity contribution in [2.75, 3.05) is 0 Å². The fraction of sp³-hybridized carbons (Fsp3) is 0.500. The zero-order valence-corrected chi connectivity index (χ0v) is 12.4. The standard InChI is InChI=1S/C14H21NO4S/c1-2-3-5-10-13(11-14(16)15-17)20(18,19)12-8-6-4-7-9-12/h4,6-9,13,17H,2-3,5,10-11H2,1H3,(H,15,16)/t13-/m0/s1. The molecule has 0 aromatic heterocycles. The number of rotatable bonds is 8. The number of unbranched alkanes of at least 4 members (excludes halogenated alkanes) is 2. The Kier molecular flexibility index (Phi) is 6.67. The zero-order valence-electron chi connectivity index (χ0n) is 11.6. The van der Waals surface area contributed by atoms with Crippen LogP contribution in [0.25, 0.3) is 0 Å². The maximum Gasteiger partial charge on any atom is 0.244 e. The highest BCUT2D eigenvalue weighted by Gasteiger charge is 2.29. The SMILES string of the molecule is CCCCC[C@@H](CC(=O)NO)S(=O)(=O)c1ccccc1. The van der Waals surface area contributed by atoms with Gasteiger partial charge < -0.3 is 0 Å². The van der Waals surface area contributed by atoms with Crippen LogP contribution in [0.1, 0.15) is 39.0 Å². The van der Waals surface area contributed by atoms with Crippen molar-refractivity contribution in [3.05, 3.63) is 30.3 Å². The molecule has 5 nitrogen and oxygen atoms in total. The van der Waals surface area contributed by atoms with E-state index in [1.165, 1.54) is 17.6 Å². The Morgan fingerprint density at radius 2 is 1.90 bits per heavy atom. The molecule has 1 amide bonds. The molecule has 0 unspecified atom stereocenters. The van der Waals surface area contributed by atoms with Gasteiger partial charge in [-0.2, -0.15) is 0 Å². The summed E-state index contributed by atoms with van der Waals surface area (Å²) in [6, 6.07) is 8.10. The number of carbonyl (C=O) groups excluding carboxylic acids is 1. The molecule has 0 aliphatic carbocycles. The molecule has 0 heterocycles. The van der Waals surface area contributed by atoms with Crippen LogP contribution >= 0.6 is 0 Å². The quantitative estimate of drug-likeness (QED) is 0.438. The maximum atomic E-state index is 12.5. The zero-order chi connectivity index (χ0) is 15.0. The van der Waals surface area contributed by atoms with Crippen LogP contribution in [0.5, 0.6) is 0 Å². The van der Waals surface area contributed by atoms with Crippen LogP contribution in [-0.2, 0) is 14.6 Å². The molecular formula is C14H21NO4S. The van der Waals surface area contributed by atoms with Gasteiger partial charge in [0.05, 0.1) is 10.1 Å². The largest absolute Gasteiger partial charge is 0.289 e. The fourth-order valence-electron chi connectivity index (χ4n) is 2.04. The van der Waals surface area contributed by atoms with Gasteiger partial charge in [0.1, 0.15) is 0 Å². The summed E-state index contributed by atoms with van der Waals surface area (Å²) in [4.78, 5) is 11.5. The summed E-state index contributed by atoms with van der Waals surface area (Å²) >= 11 is 0. The first kappa shape index (κ1) is 16.7. The van der Waals surface area contributed by atoms with E-state index in [2.05, 4.69) is 0 Å². The van der Waals surface area contributed by atoms with Crippen molar-refractivity contribution >= 4 is 15.7 Å². The van der Waals surface area contributed by atoms with E-state index in [9.17, 15) is 13.2 Å². The first-order valence-corrected chi connectivity index (χ1v) is 8.29. The van der Waals surface area contributed by atoms with Gasteiger partial charge in [0.2, 0.25) is 5.91 Å². The third-order valence-electron chi connectivity index (χ3n) is 3.18. The fourth-order valence-corrected chi connectivity index (χ4v) is 3.81. The van der Waals surface area contributed by atoms with Crippen molar-refractivity contribution in [3.8, 4) is 0 Å². The molecular weight excluding hydrogens is 278 g/mol. The minimum atomic E-state index is -3.56. The van der Waals surface area contributed by atoms with Crippen molar-refractivity contribution in [1.82, 2.24) is 5.48 Å². The van der Waals surface area contributed by atoms with E-state index in [1.54, 1.807) is 18.2 Å². The van der Waals surface area contributed by atoms with Crippen molar-refractivity contribution in [2.24, 2.45) is 0 Å². The van der Waals surface area contributed by atoms with Crippen LogP contribution in [0.3, 0.4) is 0 Å². The van der Waals surface area contributed by atoms with Crippen LogP contribution in [0.2, 0.25) is 0 Å². The molecule has 0 spiro atoms. The van der Waals surface area contributed by atoms with E-state index in [0.29, 0.717) is 6.42 Å². The number of hydrogen-bond donors (Lipinski definition) is 2. The van der Waals surface area contributed by atoms with Crippen molar-refractivity contribution < 1.29 is 18.4 Å². The molecule has 6 heteroatoms. The lowest BCUT2D eigenvalue weighted by Gasteiger charge is -2.16. The van der Waals surface area contributed by atoms with Gasteiger partial charge in [-0.15, -0.1) is 0 Å². The Morgan fingerprint density at radius 3 is 2.45 bits per heavy atom. The first-order chi connectivity index (χ1) is 9.52. The molecule has 0 bridgehead atoms. The van der Waals surface area contributed by atoms with Gasteiger partial charge in [-0.25, -0.2) is 13.9 Å². The molecule has 0 radical (unpaired) electrons. The number of benzene rings is 1. The molecule has 0 saturated carbocycles. The Balaban J connectivity index is 2.93. The van der Waals surface area contributed by atoms with Crippen LogP contribution in [0.4, 0.5) is 0 Å². The van der Waals surface area contributed by atoms with Crippen molar-refractivity contribution in [2.45, 2.75) is 49.2 Å². The second kappa shape index (κ2) is 8.01. The summed E-state index contributed by atoms with van der Waals surface area (Å²) in [6.07, 6.45) is 2.83. The lowest BCUT2D eigenvalue weighted by Crippen LogP contribution is -2.30. The number of hydrogen-bond acceptors (Lipinski definition) is 4. The van der Waals surface area contributed by atoms with Crippen LogP contribution in [0.15, 0.2) is 35.2 Å². The van der Waals surface area contributed by atoms with E-state index in [1.807, 2.05) is 6.92 Å². The lowest BCUT2D eigenvalue weighted by molar-refractivity contribution is -0.129. The van der Waals surface area contributed by atoms with Gasteiger partial charge in [0.15, 0.2) is 9.84 Å². The summed E-state index contributed by atoms with van der Waals surface area (Å²) in [7, 11) is -3.56. The van der Waals surface area contributed by atoms with Crippen molar-refractivity contribution in [1.29, 1.82) is 0 Å². The predicted octanol–water partition coefficient (Wildman–Crippen LogP) is 2.30. The molecule has 1 rings (SSSR count). The summed E-state index contributed by atoms with van der Waals surface area (Å²) in [5, 5.41) is 7.79. The summed E-state index contributed by atoms with van der Waals surface area (Å²) in [6.45, 7) is 2.03. The Hall–Kier alpha value is -1.40. The lowest BCUT2D eigenvalue weighted by atomic mass is 10.1. The van der Waals surface area contributed by atoms with Gasteiger partial charge >= 0.3 is 0 Å². The van der Waals surface area contributed by atoms with Gasteiger partial charge in [0, 0.05) is 6.42 Å². The van der Waals surface area contributed by atoms with E-state index in [-0.39, 0.29) is 11.3 Å². The maximum absolute atomic E-state index is 12.5. The number of nitrogens with one attached hydrogen (secondary N) is 1. The third-order valence-corrected chi connectivity index (χ3v) is 5.39. The minimum Gasteiger partial charge on any atom is -0.289 e. The molecule has 1 atom stereocenters. The average Bonchev–Trinajstić information content (AvgIpc) is 2.47. The van der Waals surface area contributed by atoms with E-state index < -0.39 is 21.0 Å². The highest BCUT2D eigenvalue weighted by Crippen LogP contribution is 2.22.